The molecular formula is C11H14Cl2N2O5S. The zero-order valence-corrected chi connectivity index (χ0v) is 13.5. The molecule has 0 aromatic heterocycles. The van der Waals surface area contributed by atoms with Gasteiger partial charge in [0.15, 0.2) is 0 Å². The van der Waals surface area contributed by atoms with Gasteiger partial charge in [0.25, 0.3) is 5.69 Å². The number of nitrogens with zero attached hydrogens (tertiary/aromatic N) is 2. The summed E-state index contributed by atoms with van der Waals surface area (Å²) in [5.74, 6) is 0.176. The molecule has 0 fully saturated rings. The van der Waals surface area contributed by atoms with Gasteiger partial charge in [-0.3, -0.25) is 10.1 Å². The van der Waals surface area contributed by atoms with Crippen LogP contribution in [-0.2, 0) is 10.0 Å². The van der Waals surface area contributed by atoms with Crippen LogP contribution in [0.2, 0.25) is 0 Å². The first kappa shape index (κ1) is 18.0. The third kappa shape index (κ3) is 4.19. The fourth-order valence-electron chi connectivity index (χ4n) is 1.66. The van der Waals surface area contributed by atoms with Crippen molar-refractivity contribution in [2.45, 2.75) is 4.90 Å². The number of ether oxygens (including phenoxy) is 1. The molecule has 0 saturated carbocycles. The van der Waals surface area contributed by atoms with Crippen LogP contribution in [0, 0.1) is 10.1 Å². The van der Waals surface area contributed by atoms with Crippen LogP contribution in [0.4, 0.5) is 5.69 Å². The largest absolute Gasteiger partial charge is 0.495 e. The Morgan fingerprint density at radius 2 is 1.86 bits per heavy atom. The molecule has 0 unspecified atom stereocenters. The van der Waals surface area contributed by atoms with Crippen molar-refractivity contribution in [2.24, 2.45) is 0 Å². The van der Waals surface area contributed by atoms with E-state index in [9.17, 15) is 18.5 Å². The Kier molecular flexibility index (Phi) is 6.66. The summed E-state index contributed by atoms with van der Waals surface area (Å²) in [7, 11) is -2.70. The molecular weight excluding hydrogens is 343 g/mol. The minimum atomic E-state index is -3.99. The quantitative estimate of drug-likeness (QED) is 0.404. The van der Waals surface area contributed by atoms with Gasteiger partial charge in [-0.2, -0.15) is 4.31 Å². The Morgan fingerprint density at radius 3 is 2.29 bits per heavy atom. The highest BCUT2D eigenvalue weighted by Gasteiger charge is 2.29. The molecule has 1 rings (SSSR count). The molecule has 0 aliphatic carbocycles. The molecule has 0 amide bonds. The number of non-ortho nitro benzene ring substituents is 1. The van der Waals surface area contributed by atoms with Crippen LogP contribution < -0.4 is 4.74 Å². The Bertz CT molecular complexity index is 603. The molecule has 0 saturated heterocycles. The third-order valence-corrected chi connectivity index (χ3v) is 4.90. The Hall–Kier alpha value is -1.09. The first-order valence-electron chi connectivity index (χ1n) is 5.83. The molecule has 118 valence electrons. The maximum absolute atomic E-state index is 12.6. The topological polar surface area (TPSA) is 89.7 Å². The molecule has 0 heterocycles. The van der Waals surface area contributed by atoms with Gasteiger partial charge in [0.2, 0.25) is 10.0 Å². The van der Waals surface area contributed by atoms with Crippen LogP contribution in [0.1, 0.15) is 0 Å². The van der Waals surface area contributed by atoms with E-state index in [2.05, 4.69) is 0 Å². The van der Waals surface area contributed by atoms with Gasteiger partial charge in [0, 0.05) is 37.0 Å². The number of halogens is 2. The number of nitro groups is 1. The van der Waals surface area contributed by atoms with E-state index >= 15 is 0 Å². The number of rotatable bonds is 8. The Morgan fingerprint density at radius 1 is 1.29 bits per heavy atom. The van der Waals surface area contributed by atoms with E-state index in [0.29, 0.717) is 0 Å². The van der Waals surface area contributed by atoms with Crippen LogP contribution in [0.3, 0.4) is 0 Å². The van der Waals surface area contributed by atoms with Gasteiger partial charge in [0.1, 0.15) is 10.6 Å². The van der Waals surface area contributed by atoms with Crippen LogP contribution >= 0.6 is 23.2 Å². The van der Waals surface area contributed by atoms with Crippen LogP contribution in [0.25, 0.3) is 0 Å². The smallest absolute Gasteiger partial charge is 0.271 e. The van der Waals surface area contributed by atoms with Crippen molar-refractivity contribution in [3.63, 3.8) is 0 Å². The summed E-state index contributed by atoms with van der Waals surface area (Å²) in [4.78, 5) is 9.86. The van der Waals surface area contributed by atoms with E-state index in [1.54, 1.807) is 0 Å². The van der Waals surface area contributed by atoms with Crippen LogP contribution in [0.5, 0.6) is 5.75 Å². The minimum Gasteiger partial charge on any atom is -0.495 e. The maximum atomic E-state index is 12.6. The van der Waals surface area contributed by atoms with Gasteiger partial charge in [0.05, 0.1) is 12.0 Å². The van der Waals surface area contributed by atoms with Gasteiger partial charge in [-0.15, -0.1) is 23.2 Å². The Balaban J connectivity index is 3.39. The SMILES string of the molecule is COc1ccc([N+](=O)[O-])cc1S(=O)(=O)N(CCCl)CCCl. The highest BCUT2D eigenvalue weighted by atomic mass is 35.5. The van der Waals surface area contributed by atoms with Crippen molar-refractivity contribution in [2.75, 3.05) is 32.0 Å². The average Bonchev–Trinajstić information content (AvgIpc) is 2.46. The maximum Gasteiger partial charge on any atom is 0.271 e. The summed E-state index contributed by atoms with van der Waals surface area (Å²) in [6.45, 7) is 0.0882. The molecule has 1 aromatic carbocycles. The summed E-state index contributed by atoms with van der Waals surface area (Å²) in [5, 5.41) is 10.8. The van der Waals surface area contributed by atoms with Gasteiger partial charge in [-0.25, -0.2) is 8.42 Å². The van der Waals surface area contributed by atoms with E-state index in [0.717, 1.165) is 10.4 Å². The van der Waals surface area contributed by atoms with Crippen molar-refractivity contribution in [3.8, 4) is 5.75 Å². The number of benzene rings is 1. The van der Waals surface area contributed by atoms with Gasteiger partial charge in [-0.05, 0) is 6.07 Å². The molecule has 0 atom stereocenters. The molecule has 7 nitrogen and oxygen atoms in total. The van der Waals surface area contributed by atoms with E-state index < -0.39 is 14.9 Å². The summed E-state index contributed by atoms with van der Waals surface area (Å²) < 4.78 is 31.2. The summed E-state index contributed by atoms with van der Waals surface area (Å²) in [6.07, 6.45) is 0. The highest BCUT2D eigenvalue weighted by Crippen LogP contribution is 2.30. The zero-order chi connectivity index (χ0) is 16.0. The summed E-state index contributed by atoms with van der Waals surface area (Å²) in [6, 6.07) is 3.37. The van der Waals surface area contributed by atoms with Crippen LogP contribution in [0.15, 0.2) is 23.1 Å². The van der Waals surface area contributed by atoms with Gasteiger partial charge >= 0.3 is 0 Å². The predicted octanol–water partition coefficient (Wildman–Crippen LogP) is 2.07. The number of hydrogen-bond acceptors (Lipinski definition) is 5. The normalized spacial score (nSPS) is 11.6. The second kappa shape index (κ2) is 7.79. The van der Waals surface area contributed by atoms with Crippen molar-refractivity contribution in [1.82, 2.24) is 4.31 Å². The predicted molar refractivity (Wildman–Crippen MR) is 79.8 cm³/mol. The number of alkyl halides is 2. The fraction of sp³-hybridized carbons (Fsp3) is 0.455. The fourth-order valence-corrected chi connectivity index (χ4v) is 3.89. The second-order valence-corrected chi connectivity index (χ2v) is 6.54. The van der Waals surface area contributed by atoms with Crippen LogP contribution in [-0.4, -0.2) is 49.6 Å². The number of hydrogen-bond donors (Lipinski definition) is 0. The van der Waals surface area contributed by atoms with Crippen molar-refractivity contribution in [3.05, 3.63) is 28.3 Å². The first-order valence-corrected chi connectivity index (χ1v) is 8.34. The van der Waals surface area contributed by atoms with Gasteiger partial charge in [-0.1, -0.05) is 0 Å². The van der Waals surface area contributed by atoms with E-state index in [4.69, 9.17) is 27.9 Å². The highest BCUT2D eigenvalue weighted by molar-refractivity contribution is 7.89. The molecule has 0 aliphatic rings. The van der Waals surface area contributed by atoms with Crippen molar-refractivity contribution < 1.29 is 18.1 Å². The molecule has 0 aliphatic heterocycles. The molecule has 1 aromatic rings. The number of sulfonamides is 1. The van der Waals surface area contributed by atoms with Crippen molar-refractivity contribution >= 4 is 38.9 Å². The van der Waals surface area contributed by atoms with Gasteiger partial charge < -0.3 is 4.74 Å². The van der Waals surface area contributed by atoms with E-state index in [1.807, 2.05) is 0 Å². The summed E-state index contributed by atoms with van der Waals surface area (Å²) in [5.41, 5.74) is -0.342. The molecule has 10 heteroatoms. The second-order valence-electron chi connectivity index (χ2n) is 3.87. The summed E-state index contributed by atoms with van der Waals surface area (Å²) >= 11 is 11.2. The first-order chi connectivity index (χ1) is 9.88. The van der Waals surface area contributed by atoms with Crippen molar-refractivity contribution in [1.29, 1.82) is 0 Å². The molecule has 0 N–H and O–H groups in total. The average molecular weight is 357 g/mol. The molecule has 0 radical (unpaired) electrons. The number of methoxy groups -OCH3 is 1. The zero-order valence-electron chi connectivity index (χ0n) is 11.2. The third-order valence-electron chi connectivity index (χ3n) is 2.64. The minimum absolute atomic E-state index is 0.0229. The lowest BCUT2D eigenvalue weighted by atomic mass is 10.3. The van der Waals surface area contributed by atoms with E-state index in [1.165, 1.54) is 19.2 Å². The lowest BCUT2D eigenvalue weighted by Gasteiger charge is -2.21. The molecule has 21 heavy (non-hydrogen) atoms. The lowest BCUT2D eigenvalue weighted by molar-refractivity contribution is -0.385. The van der Waals surface area contributed by atoms with E-state index in [-0.39, 0.29) is 41.2 Å². The monoisotopic (exact) mass is 356 g/mol. The molecule has 0 spiro atoms. The lowest BCUT2D eigenvalue weighted by Crippen LogP contribution is -2.34. The standard InChI is InChI=1S/C11H14Cl2N2O5S/c1-20-10-3-2-9(15(16)17)8-11(10)21(18,19)14(6-4-12)7-5-13/h2-3,8H,4-7H2,1H3. The molecule has 0 bridgehead atoms. The number of nitro benzene ring substituents is 1. The Labute approximate surface area is 132 Å².